The number of amides is 3. The number of aromatic nitrogens is 1. The minimum absolute atomic E-state index is 0.0964. The standard InChI is InChI=1S/C19H24N4O4/c1-22-13-19(27-18(22)25)8-4-11-23(12-9-19)17(24)20-10-7-16-21-14-5-2-3-6-15(14)26-16/h2-3,5-6H,4,7-13H2,1H3,(H,20,24). The van der Waals surface area contributed by atoms with E-state index < -0.39 is 5.60 Å². The minimum Gasteiger partial charge on any atom is -0.441 e. The maximum Gasteiger partial charge on any atom is 0.410 e. The number of nitrogens with one attached hydrogen (secondary N) is 1. The molecule has 8 heteroatoms. The van der Waals surface area contributed by atoms with E-state index in [0.717, 1.165) is 23.9 Å². The summed E-state index contributed by atoms with van der Waals surface area (Å²) in [5, 5.41) is 2.94. The number of hydrogen-bond donors (Lipinski definition) is 1. The lowest BCUT2D eigenvalue weighted by Gasteiger charge is -2.25. The van der Waals surface area contributed by atoms with Gasteiger partial charge in [-0.1, -0.05) is 12.1 Å². The molecule has 0 radical (unpaired) electrons. The maximum absolute atomic E-state index is 12.5. The Morgan fingerprint density at radius 1 is 1.30 bits per heavy atom. The fraction of sp³-hybridized carbons (Fsp3) is 0.526. The van der Waals surface area contributed by atoms with E-state index in [9.17, 15) is 9.59 Å². The number of oxazole rings is 1. The lowest BCUT2D eigenvalue weighted by Crippen LogP contribution is -2.42. The van der Waals surface area contributed by atoms with Crippen LogP contribution in [0.1, 0.15) is 25.2 Å². The number of likely N-dealkylation sites (N-methyl/N-ethyl adjacent to an activating group) is 1. The molecule has 4 rings (SSSR count). The van der Waals surface area contributed by atoms with Gasteiger partial charge in [-0.05, 0) is 25.0 Å². The normalized spacial score (nSPS) is 22.9. The number of hydrogen-bond acceptors (Lipinski definition) is 5. The average Bonchev–Trinajstić information content (AvgIpc) is 3.10. The minimum atomic E-state index is -0.445. The molecule has 1 spiro atoms. The maximum atomic E-state index is 12.5. The van der Waals surface area contributed by atoms with Gasteiger partial charge in [-0.3, -0.25) is 0 Å². The summed E-state index contributed by atoms with van der Waals surface area (Å²) < 4.78 is 11.3. The molecule has 0 bridgehead atoms. The molecule has 144 valence electrons. The van der Waals surface area contributed by atoms with Gasteiger partial charge in [0.05, 0.1) is 6.54 Å². The van der Waals surface area contributed by atoms with Crippen LogP contribution in [0.25, 0.3) is 11.1 Å². The second kappa shape index (κ2) is 7.09. The molecule has 3 amide bonds. The zero-order chi connectivity index (χ0) is 18.9. The molecule has 2 aromatic rings. The summed E-state index contributed by atoms with van der Waals surface area (Å²) in [6.07, 6.45) is 2.55. The SMILES string of the molecule is CN1CC2(CCCN(C(=O)NCCc3nc4ccccc4o3)CC2)OC1=O. The van der Waals surface area contributed by atoms with E-state index in [1.165, 1.54) is 0 Å². The Hall–Kier alpha value is -2.77. The molecule has 0 saturated carbocycles. The third-order valence-corrected chi connectivity index (χ3v) is 5.28. The van der Waals surface area contributed by atoms with Crippen molar-refractivity contribution in [2.45, 2.75) is 31.3 Å². The van der Waals surface area contributed by atoms with Crippen molar-refractivity contribution in [3.8, 4) is 0 Å². The molecule has 3 heterocycles. The fourth-order valence-corrected chi connectivity index (χ4v) is 3.84. The number of fused-ring (bicyclic) bond motifs is 1. The number of para-hydroxylation sites is 2. The van der Waals surface area contributed by atoms with Gasteiger partial charge in [-0.2, -0.15) is 0 Å². The van der Waals surface area contributed by atoms with Gasteiger partial charge in [-0.25, -0.2) is 14.6 Å². The number of nitrogens with zero attached hydrogens (tertiary/aromatic N) is 3. The van der Waals surface area contributed by atoms with Crippen LogP contribution in [0.5, 0.6) is 0 Å². The summed E-state index contributed by atoms with van der Waals surface area (Å²) in [5.74, 6) is 0.618. The number of benzene rings is 1. The summed E-state index contributed by atoms with van der Waals surface area (Å²) in [6, 6.07) is 7.51. The van der Waals surface area contributed by atoms with Crippen LogP contribution >= 0.6 is 0 Å². The van der Waals surface area contributed by atoms with Gasteiger partial charge >= 0.3 is 12.1 Å². The number of carbonyl (C=O) groups excluding carboxylic acids is 2. The molecule has 1 N–H and O–H groups in total. The zero-order valence-corrected chi connectivity index (χ0v) is 15.4. The Bertz CT molecular complexity index is 818. The van der Waals surface area contributed by atoms with Gasteiger partial charge in [0.1, 0.15) is 11.1 Å². The summed E-state index contributed by atoms with van der Waals surface area (Å²) in [5.41, 5.74) is 1.14. The summed E-state index contributed by atoms with van der Waals surface area (Å²) in [4.78, 5) is 32.0. The second-order valence-corrected chi connectivity index (χ2v) is 7.30. The Morgan fingerprint density at radius 2 is 2.15 bits per heavy atom. The van der Waals surface area contributed by atoms with Gasteiger partial charge in [0, 0.05) is 39.5 Å². The molecule has 2 fully saturated rings. The first-order valence-electron chi connectivity index (χ1n) is 9.36. The van der Waals surface area contributed by atoms with Crippen molar-refractivity contribution in [1.29, 1.82) is 0 Å². The van der Waals surface area contributed by atoms with Crippen LogP contribution in [0.2, 0.25) is 0 Å². The Kier molecular flexibility index (Phi) is 4.63. The van der Waals surface area contributed by atoms with E-state index in [0.29, 0.717) is 44.9 Å². The van der Waals surface area contributed by atoms with Gasteiger partial charge in [-0.15, -0.1) is 0 Å². The molecule has 27 heavy (non-hydrogen) atoms. The van der Waals surface area contributed by atoms with Gasteiger partial charge in [0.15, 0.2) is 11.5 Å². The number of rotatable bonds is 3. The lowest BCUT2D eigenvalue weighted by molar-refractivity contribution is 0.0453. The highest BCUT2D eigenvalue weighted by atomic mass is 16.6. The molecule has 8 nitrogen and oxygen atoms in total. The fourth-order valence-electron chi connectivity index (χ4n) is 3.84. The predicted molar refractivity (Wildman–Crippen MR) is 98.4 cm³/mol. The molecule has 1 atom stereocenters. The molecule has 0 aliphatic carbocycles. The van der Waals surface area contributed by atoms with Crippen molar-refractivity contribution in [2.75, 3.05) is 33.2 Å². The molecular weight excluding hydrogens is 348 g/mol. The van der Waals surface area contributed by atoms with E-state index in [1.807, 2.05) is 24.3 Å². The first-order chi connectivity index (χ1) is 13.0. The smallest absolute Gasteiger partial charge is 0.410 e. The number of ether oxygens (including phenoxy) is 1. The monoisotopic (exact) mass is 372 g/mol. The molecule has 2 saturated heterocycles. The van der Waals surface area contributed by atoms with Crippen LogP contribution in [0.4, 0.5) is 9.59 Å². The van der Waals surface area contributed by atoms with Gasteiger partial charge in [0.25, 0.3) is 0 Å². The predicted octanol–water partition coefficient (Wildman–Crippen LogP) is 2.39. The average molecular weight is 372 g/mol. The largest absolute Gasteiger partial charge is 0.441 e. The number of likely N-dealkylation sites (tertiary alicyclic amines) is 1. The zero-order valence-electron chi connectivity index (χ0n) is 15.4. The highest BCUT2D eigenvalue weighted by Crippen LogP contribution is 2.32. The molecule has 2 aliphatic rings. The van der Waals surface area contributed by atoms with Crippen LogP contribution < -0.4 is 5.32 Å². The molecule has 1 unspecified atom stereocenters. The lowest BCUT2D eigenvalue weighted by atomic mass is 9.95. The highest BCUT2D eigenvalue weighted by Gasteiger charge is 2.44. The number of urea groups is 1. The van der Waals surface area contributed by atoms with E-state index >= 15 is 0 Å². The van der Waals surface area contributed by atoms with E-state index in [-0.39, 0.29) is 12.1 Å². The molecule has 2 aliphatic heterocycles. The van der Waals surface area contributed by atoms with Crippen LogP contribution in [0.3, 0.4) is 0 Å². The number of carbonyl (C=O) groups is 2. The van der Waals surface area contributed by atoms with E-state index in [1.54, 1.807) is 16.8 Å². The van der Waals surface area contributed by atoms with Crippen molar-refractivity contribution < 1.29 is 18.7 Å². The van der Waals surface area contributed by atoms with Crippen molar-refractivity contribution in [3.05, 3.63) is 30.2 Å². The van der Waals surface area contributed by atoms with Crippen LogP contribution in [0.15, 0.2) is 28.7 Å². The van der Waals surface area contributed by atoms with Crippen LogP contribution in [-0.4, -0.2) is 65.7 Å². The topological polar surface area (TPSA) is 87.9 Å². The third kappa shape index (κ3) is 3.70. The van der Waals surface area contributed by atoms with E-state index in [2.05, 4.69) is 10.3 Å². The van der Waals surface area contributed by atoms with Gasteiger partial charge in [0.2, 0.25) is 0 Å². The summed E-state index contributed by atoms with van der Waals surface area (Å²) in [7, 11) is 1.75. The van der Waals surface area contributed by atoms with E-state index in [4.69, 9.17) is 9.15 Å². The third-order valence-electron chi connectivity index (χ3n) is 5.28. The Morgan fingerprint density at radius 3 is 2.93 bits per heavy atom. The Balaban J connectivity index is 1.28. The van der Waals surface area contributed by atoms with Crippen LogP contribution in [-0.2, 0) is 11.2 Å². The van der Waals surface area contributed by atoms with Gasteiger partial charge < -0.3 is 24.3 Å². The highest BCUT2D eigenvalue weighted by molar-refractivity contribution is 5.74. The molecule has 1 aromatic heterocycles. The quantitative estimate of drug-likeness (QED) is 0.894. The van der Waals surface area contributed by atoms with Crippen molar-refractivity contribution in [3.63, 3.8) is 0 Å². The van der Waals surface area contributed by atoms with Crippen molar-refractivity contribution in [2.24, 2.45) is 0 Å². The first kappa shape index (κ1) is 17.6. The van der Waals surface area contributed by atoms with Crippen LogP contribution in [0, 0.1) is 0 Å². The summed E-state index contributed by atoms with van der Waals surface area (Å²) >= 11 is 0. The first-order valence-corrected chi connectivity index (χ1v) is 9.36. The molecule has 1 aromatic carbocycles. The van der Waals surface area contributed by atoms with Crippen molar-refractivity contribution in [1.82, 2.24) is 20.1 Å². The van der Waals surface area contributed by atoms with Crippen molar-refractivity contribution >= 4 is 23.2 Å². The summed E-state index contributed by atoms with van der Waals surface area (Å²) in [6.45, 7) is 2.30. The molecular formula is C19H24N4O4. The Labute approximate surface area is 157 Å². The second-order valence-electron chi connectivity index (χ2n) is 7.30.